The fraction of sp³-hybridized carbons (Fsp3) is 0.273. The Morgan fingerprint density at radius 1 is 1.50 bits per heavy atom. The summed E-state index contributed by atoms with van der Waals surface area (Å²) in [5.74, 6) is 0.500. The highest BCUT2D eigenvalue weighted by molar-refractivity contribution is 5.94. The summed E-state index contributed by atoms with van der Waals surface area (Å²) in [5, 5.41) is 8.72. The van der Waals surface area contributed by atoms with Crippen LogP contribution in [0.2, 0.25) is 0 Å². The number of carbonyl (C=O) groups is 1. The smallest absolute Gasteiger partial charge is 0.159 e. The molecule has 0 aromatic heterocycles. The van der Waals surface area contributed by atoms with E-state index >= 15 is 0 Å². The van der Waals surface area contributed by atoms with E-state index in [9.17, 15) is 4.79 Å². The first kappa shape index (κ1) is 10.3. The third kappa shape index (κ3) is 2.33. The third-order valence-corrected chi connectivity index (χ3v) is 1.75. The minimum absolute atomic E-state index is 0.0666. The Kier molecular flexibility index (Phi) is 3.24. The number of carbonyl (C=O) groups excluding carboxylic acids is 1. The topological polar surface area (TPSA) is 50.1 Å². The molecule has 3 nitrogen and oxygen atoms in total. The molecule has 0 aliphatic carbocycles. The van der Waals surface area contributed by atoms with E-state index in [0.29, 0.717) is 23.5 Å². The van der Waals surface area contributed by atoms with Crippen LogP contribution >= 0.6 is 0 Å². The molecule has 0 saturated heterocycles. The third-order valence-electron chi connectivity index (χ3n) is 1.75. The summed E-state index contributed by atoms with van der Waals surface area (Å²) in [7, 11) is 0. The molecule has 0 saturated carbocycles. The maximum Gasteiger partial charge on any atom is 0.159 e. The Labute approximate surface area is 82.9 Å². The van der Waals surface area contributed by atoms with Gasteiger partial charge >= 0.3 is 0 Å². The lowest BCUT2D eigenvalue weighted by Gasteiger charge is -2.04. The normalized spacial score (nSPS) is 9.21. The molecule has 0 aliphatic heterocycles. The molecule has 72 valence electrons. The van der Waals surface area contributed by atoms with Crippen LogP contribution in [0.3, 0.4) is 0 Å². The Bertz CT molecular complexity index is 391. The standard InChI is InChI=1S/C11H11NO2/c1-3-14-11-5-9(7-12)4-10(6-11)8(2)13/h4-6H,3H2,1-2H3. The summed E-state index contributed by atoms with van der Waals surface area (Å²) >= 11 is 0. The molecule has 0 bridgehead atoms. The Morgan fingerprint density at radius 3 is 2.71 bits per heavy atom. The number of ether oxygens (including phenoxy) is 1. The molecule has 1 rings (SSSR count). The van der Waals surface area contributed by atoms with Gasteiger partial charge in [-0.25, -0.2) is 0 Å². The first-order valence-corrected chi connectivity index (χ1v) is 4.36. The summed E-state index contributed by atoms with van der Waals surface area (Å²) in [6.45, 7) is 3.84. The minimum Gasteiger partial charge on any atom is -0.494 e. The summed E-state index contributed by atoms with van der Waals surface area (Å²) < 4.78 is 5.24. The van der Waals surface area contributed by atoms with Crippen LogP contribution in [0.5, 0.6) is 5.75 Å². The maximum atomic E-state index is 11.1. The van der Waals surface area contributed by atoms with Crippen molar-refractivity contribution in [2.45, 2.75) is 13.8 Å². The first-order chi connectivity index (χ1) is 6.67. The van der Waals surface area contributed by atoms with Gasteiger partial charge < -0.3 is 4.74 Å². The predicted molar refractivity (Wildman–Crippen MR) is 52.3 cm³/mol. The van der Waals surface area contributed by atoms with Crippen molar-refractivity contribution in [3.8, 4) is 11.8 Å². The molecule has 1 aromatic carbocycles. The number of hydrogen-bond donors (Lipinski definition) is 0. The molecular weight excluding hydrogens is 178 g/mol. The summed E-state index contributed by atoms with van der Waals surface area (Å²) in [5.41, 5.74) is 0.952. The highest BCUT2D eigenvalue weighted by atomic mass is 16.5. The van der Waals surface area contributed by atoms with E-state index in [1.54, 1.807) is 18.2 Å². The predicted octanol–water partition coefficient (Wildman–Crippen LogP) is 2.16. The van der Waals surface area contributed by atoms with Gasteiger partial charge in [0.2, 0.25) is 0 Å². The SMILES string of the molecule is CCOc1cc(C#N)cc(C(C)=O)c1. The molecule has 0 spiro atoms. The molecule has 3 heteroatoms. The zero-order chi connectivity index (χ0) is 10.6. The van der Waals surface area contributed by atoms with Crippen molar-refractivity contribution in [1.29, 1.82) is 5.26 Å². The molecule has 0 fully saturated rings. The molecule has 14 heavy (non-hydrogen) atoms. The summed E-state index contributed by atoms with van der Waals surface area (Å²) in [6, 6.07) is 6.82. The molecular formula is C11H11NO2. The Balaban J connectivity index is 3.15. The van der Waals surface area contributed by atoms with Crippen molar-refractivity contribution >= 4 is 5.78 Å². The second-order valence-electron chi connectivity index (χ2n) is 2.85. The lowest BCUT2D eigenvalue weighted by molar-refractivity contribution is 0.101. The lowest BCUT2D eigenvalue weighted by atomic mass is 10.1. The molecule has 0 N–H and O–H groups in total. The van der Waals surface area contributed by atoms with Crippen LogP contribution in [0.4, 0.5) is 0 Å². The van der Waals surface area contributed by atoms with Gasteiger partial charge in [-0.05, 0) is 32.0 Å². The van der Waals surface area contributed by atoms with Gasteiger partial charge in [-0.15, -0.1) is 0 Å². The van der Waals surface area contributed by atoms with Gasteiger partial charge in [0.05, 0.1) is 18.2 Å². The number of rotatable bonds is 3. The van der Waals surface area contributed by atoms with Crippen LogP contribution in [0, 0.1) is 11.3 Å². The van der Waals surface area contributed by atoms with Crippen molar-refractivity contribution in [2.24, 2.45) is 0 Å². The van der Waals surface area contributed by atoms with Crippen LogP contribution in [0.25, 0.3) is 0 Å². The number of nitrogens with zero attached hydrogens (tertiary/aromatic N) is 1. The van der Waals surface area contributed by atoms with Gasteiger partial charge in [-0.3, -0.25) is 4.79 Å². The average molecular weight is 189 g/mol. The van der Waals surface area contributed by atoms with Crippen molar-refractivity contribution in [2.75, 3.05) is 6.61 Å². The highest BCUT2D eigenvalue weighted by Crippen LogP contribution is 2.17. The van der Waals surface area contributed by atoms with E-state index < -0.39 is 0 Å². The minimum atomic E-state index is -0.0666. The zero-order valence-electron chi connectivity index (χ0n) is 8.20. The molecule has 0 aliphatic rings. The van der Waals surface area contributed by atoms with Gasteiger partial charge in [0.1, 0.15) is 5.75 Å². The van der Waals surface area contributed by atoms with Crippen LogP contribution in [-0.4, -0.2) is 12.4 Å². The van der Waals surface area contributed by atoms with Gasteiger partial charge in [0, 0.05) is 5.56 Å². The Morgan fingerprint density at radius 2 is 2.21 bits per heavy atom. The lowest BCUT2D eigenvalue weighted by Crippen LogP contribution is -1.97. The number of Topliss-reactive ketones (excluding diaryl/α,β-unsaturated/α-hetero) is 1. The second kappa shape index (κ2) is 4.43. The fourth-order valence-corrected chi connectivity index (χ4v) is 1.12. The highest BCUT2D eigenvalue weighted by Gasteiger charge is 2.04. The van der Waals surface area contributed by atoms with E-state index in [1.165, 1.54) is 6.92 Å². The quantitative estimate of drug-likeness (QED) is 0.684. The number of benzene rings is 1. The molecule has 0 unspecified atom stereocenters. The molecule has 0 atom stereocenters. The van der Waals surface area contributed by atoms with Gasteiger partial charge in [0.15, 0.2) is 5.78 Å². The number of nitriles is 1. The van der Waals surface area contributed by atoms with E-state index in [2.05, 4.69) is 0 Å². The monoisotopic (exact) mass is 189 g/mol. The fourth-order valence-electron chi connectivity index (χ4n) is 1.12. The van der Waals surface area contributed by atoms with E-state index in [4.69, 9.17) is 10.00 Å². The van der Waals surface area contributed by atoms with Crippen molar-refractivity contribution < 1.29 is 9.53 Å². The van der Waals surface area contributed by atoms with Crippen LogP contribution in [0.1, 0.15) is 29.8 Å². The van der Waals surface area contributed by atoms with Gasteiger partial charge in [-0.1, -0.05) is 0 Å². The number of hydrogen-bond acceptors (Lipinski definition) is 3. The Hall–Kier alpha value is -1.82. The number of ketones is 1. The van der Waals surface area contributed by atoms with Gasteiger partial charge in [0.25, 0.3) is 0 Å². The van der Waals surface area contributed by atoms with E-state index in [1.807, 2.05) is 13.0 Å². The van der Waals surface area contributed by atoms with Crippen molar-refractivity contribution in [1.82, 2.24) is 0 Å². The summed E-state index contributed by atoms with van der Waals surface area (Å²) in [4.78, 5) is 11.1. The van der Waals surface area contributed by atoms with Crippen molar-refractivity contribution in [3.63, 3.8) is 0 Å². The van der Waals surface area contributed by atoms with Gasteiger partial charge in [-0.2, -0.15) is 5.26 Å². The van der Waals surface area contributed by atoms with Crippen molar-refractivity contribution in [3.05, 3.63) is 29.3 Å². The van der Waals surface area contributed by atoms with Crippen LogP contribution < -0.4 is 4.74 Å². The zero-order valence-corrected chi connectivity index (χ0v) is 8.20. The largest absolute Gasteiger partial charge is 0.494 e. The first-order valence-electron chi connectivity index (χ1n) is 4.36. The molecule has 1 aromatic rings. The average Bonchev–Trinajstić information content (AvgIpc) is 2.17. The van der Waals surface area contributed by atoms with E-state index in [-0.39, 0.29) is 5.78 Å². The molecule has 0 heterocycles. The second-order valence-corrected chi connectivity index (χ2v) is 2.85. The molecule has 0 amide bonds. The summed E-state index contributed by atoms with van der Waals surface area (Å²) in [6.07, 6.45) is 0. The maximum absolute atomic E-state index is 11.1. The van der Waals surface area contributed by atoms with Crippen LogP contribution in [-0.2, 0) is 0 Å². The molecule has 0 radical (unpaired) electrons. The van der Waals surface area contributed by atoms with E-state index in [0.717, 1.165) is 0 Å². The van der Waals surface area contributed by atoms with Crippen LogP contribution in [0.15, 0.2) is 18.2 Å².